The zero-order valence-corrected chi connectivity index (χ0v) is 15.7. The zero-order valence-electron chi connectivity index (χ0n) is 14.9. The van der Waals surface area contributed by atoms with Crippen LogP contribution in [0.5, 0.6) is 5.75 Å². The second-order valence-electron chi connectivity index (χ2n) is 6.04. The standard InChI is InChI=1S/C24H19O2.ClH/c1-25-22-14-12-18(13-15-22)21-16-23(19-8-4-2-5-9-19)26-24(17-21)20-10-6-3-7-11-20;/h2-17H,1H3;1H/q+1;/p-1. The number of halogens is 1. The van der Waals surface area contributed by atoms with Gasteiger partial charge in [-0.2, -0.15) is 0 Å². The molecule has 0 N–H and O–H groups in total. The molecule has 0 radical (unpaired) electrons. The van der Waals surface area contributed by atoms with Gasteiger partial charge < -0.3 is 17.1 Å². The van der Waals surface area contributed by atoms with Gasteiger partial charge >= 0.3 is 11.5 Å². The van der Waals surface area contributed by atoms with E-state index in [0.717, 1.165) is 39.5 Å². The molecular weight excluding hydrogens is 356 g/mol. The molecule has 4 aromatic rings. The van der Waals surface area contributed by atoms with Gasteiger partial charge in [-0.15, -0.1) is 0 Å². The third kappa shape index (κ3) is 4.18. The molecule has 0 spiro atoms. The monoisotopic (exact) mass is 374 g/mol. The van der Waals surface area contributed by atoms with Crippen LogP contribution in [0.1, 0.15) is 0 Å². The second kappa shape index (κ2) is 8.52. The summed E-state index contributed by atoms with van der Waals surface area (Å²) in [5.41, 5.74) is 4.34. The van der Waals surface area contributed by atoms with Crippen LogP contribution in [0.4, 0.5) is 0 Å². The SMILES string of the molecule is COc1ccc(-c2cc(-c3ccccc3)[o+]c(-c3ccccc3)c2)cc1.[Cl-]. The van der Waals surface area contributed by atoms with Gasteiger partial charge in [0, 0.05) is 5.56 Å². The van der Waals surface area contributed by atoms with E-state index in [1.807, 2.05) is 48.5 Å². The average molecular weight is 375 g/mol. The summed E-state index contributed by atoms with van der Waals surface area (Å²) in [6.07, 6.45) is 0. The predicted octanol–water partition coefficient (Wildman–Crippen LogP) is 3.57. The van der Waals surface area contributed by atoms with Gasteiger partial charge in [0.25, 0.3) is 0 Å². The third-order valence-corrected chi connectivity index (χ3v) is 4.33. The van der Waals surface area contributed by atoms with Crippen LogP contribution in [0.3, 0.4) is 0 Å². The van der Waals surface area contributed by atoms with Gasteiger partial charge in [0.1, 0.15) is 5.75 Å². The molecule has 4 rings (SSSR count). The first-order valence-electron chi connectivity index (χ1n) is 8.57. The van der Waals surface area contributed by atoms with E-state index in [1.165, 1.54) is 0 Å². The lowest BCUT2D eigenvalue weighted by Gasteiger charge is -2.04. The highest BCUT2D eigenvalue weighted by molar-refractivity contribution is 5.74. The normalized spacial score (nSPS) is 10.1. The van der Waals surface area contributed by atoms with Crippen molar-refractivity contribution in [1.82, 2.24) is 0 Å². The Morgan fingerprint density at radius 2 is 1.04 bits per heavy atom. The Morgan fingerprint density at radius 1 is 0.556 bits per heavy atom. The molecule has 0 fully saturated rings. The van der Waals surface area contributed by atoms with Crippen LogP contribution in [-0.2, 0) is 0 Å². The lowest BCUT2D eigenvalue weighted by Crippen LogP contribution is -3.00. The van der Waals surface area contributed by atoms with Crippen LogP contribution >= 0.6 is 0 Å². The Kier molecular flexibility index (Phi) is 5.90. The Morgan fingerprint density at radius 3 is 1.48 bits per heavy atom. The fourth-order valence-electron chi connectivity index (χ4n) is 2.94. The van der Waals surface area contributed by atoms with Crippen LogP contribution in [0.2, 0.25) is 0 Å². The van der Waals surface area contributed by atoms with Crippen molar-refractivity contribution in [2.45, 2.75) is 0 Å². The highest BCUT2D eigenvalue weighted by Crippen LogP contribution is 2.33. The lowest BCUT2D eigenvalue weighted by atomic mass is 10.0. The fraction of sp³-hybridized carbons (Fsp3) is 0.0417. The van der Waals surface area contributed by atoms with E-state index >= 15 is 0 Å². The van der Waals surface area contributed by atoms with Gasteiger partial charge in [0.15, 0.2) is 0 Å². The smallest absolute Gasteiger partial charge is 0.361 e. The lowest BCUT2D eigenvalue weighted by molar-refractivity contribution is -0.00000586. The summed E-state index contributed by atoms with van der Waals surface area (Å²) in [5, 5.41) is 0. The highest BCUT2D eigenvalue weighted by Gasteiger charge is 2.20. The third-order valence-electron chi connectivity index (χ3n) is 4.33. The minimum absolute atomic E-state index is 0. The molecule has 3 heteroatoms. The molecule has 0 amide bonds. The summed E-state index contributed by atoms with van der Waals surface area (Å²) < 4.78 is 11.5. The number of ether oxygens (including phenoxy) is 1. The van der Waals surface area contributed by atoms with Crippen molar-refractivity contribution < 1.29 is 21.6 Å². The number of rotatable bonds is 4. The summed E-state index contributed by atoms with van der Waals surface area (Å²) >= 11 is 0. The summed E-state index contributed by atoms with van der Waals surface area (Å²) in [7, 11) is 1.68. The highest BCUT2D eigenvalue weighted by atomic mass is 35.5. The number of hydrogen-bond acceptors (Lipinski definition) is 1. The van der Waals surface area contributed by atoms with Gasteiger partial charge in [-0.3, -0.25) is 0 Å². The molecular formula is C24H19ClO2. The number of methoxy groups -OCH3 is 1. The average Bonchev–Trinajstić information content (AvgIpc) is 2.75. The molecule has 0 aliphatic carbocycles. The van der Waals surface area contributed by atoms with Gasteiger partial charge in [-0.05, 0) is 42.0 Å². The first-order valence-corrected chi connectivity index (χ1v) is 8.57. The van der Waals surface area contributed by atoms with Crippen molar-refractivity contribution in [1.29, 1.82) is 0 Å². The Labute approximate surface area is 165 Å². The summed E-state index contributed by atoms with van der Waals surface area (Å²) in [5.74, 6) is 2.54. The summed E-state index contributed by atoms with van der Waals surface area (Å²) in [6, 6.07) is 32.6. The Balaban J connectivity index is 0.00000210. The van der Waals surface area contributed by atoms with Crippen molar-refractivity contribution in [3.05, 3.63) is 97.1 Å². The van der Waals surface area contributed by atoms with Crippen LogP contribution in [0, 0.1) is 0 Å². The van der Waals surface area contributed by atoms with Crippen LogP contribution in [-0.4, -0.2) is 7.11 Å². The second-order valence-corrected chi connectivity index (χ2v) is 6.04. The number of hydrogen-bond donors (Lipinski definition) is 0. The van der Waals surface area contributed by atoms with Crippen molar-refractivity contribution in [3.63, 3.8) is 0 Å². The molecule has 0 aliphatic heterocycles. The molecule has 134 valence electrons. The first-order chi connectivity index (χ1) is 12.8. The van der Waals surface area contributed by atoms with Crippen molar-refractivity contribution in [3.8, 4) is 39.5 Å². The molecule has 0 atom stereocenters. The van der Waals surface area contributed by atoms with Crippen molar-refractivity contribution in [2.24, 2.45) is 0 Å². The van der Waals surface area contributed by atoms with Gasteiger partial charge in [0.05, 0.1) is 30.4 Å². The van der Waals surface area contributed by atoms with Crippen molar-refractivity contribution in [2.75, 3.05) is 7.11 Å². The molecule has 3 aromatic carbocycles. The molecule has 2 nitrogen and oxygen atoms in total. The zero-order chi connectivity index (χ0) is 17.8. The van der Waals surface area contributed by atoms with E-state index in [9.17, 15) is 0 Å². The van der Waals surface area contributed by atoms with Gasteiger partial charge in [-0.1, -0.05) is 48.5 Å². The maximum absolute atomic E-state index is 6.23. The first kappa shape index (κ1) is 18.7. The molecule has 0 saturated heterocycles. The van der Waals surface area contributed by atoms with E-state index in [0.29, 0.717) is 0 Å². The van der Waals surface area contributed by atoms with Gasteiger partial charge in [0.2, 0.25) is 0 Å². The molecule has 1 aromatic heterocycles. The summed E-state index contributed by atoms with van der Waals surface area (Å²) in [4.78, 5) is 0. The maximum Gasteiger partial charge on any atom is 0.361 e. The minimum Gasteiger partial charge on any atom is -1.00 e. The van der Waals surface area contributed by atoms with E-state index in [-0.39, 0.29) is 12.4 Å². The number of benzene rings is 3. The van der Waals surface area contributed by atoms with Gasteiger partial charge in [-0.25, -0.2) is 4.42 Å². The molecule has 1 heterocycles. The largest absolute Gasteiger partial charge is 1.00 e. The minimum atomic E-state index is 0. The van der Waals surface area contributed by atoms with E-state index in [4.69, 9.17) is 9.15 Å². The molecule has 0 aliphatic rings. The molecule has 0 bridgehead atoms. The summed E-state index contributed by atoms with van der Waals surface area (Å²) in [6.45, 7) is 0. The Bertz CT molecular complexity index is 940. The predicted molar refractivity (Wildman–Crippen MR) is 106 cm³/mol. The topological polar surface area (TPSA) is 20.5 Å². The Hall–Kier alpha value is -3.10. The fourth-order valence-corrected chi connectivity index (χ4v) is 2.94. The molecule has 0 saturated carbocycles. The van der Waals surface area contributed by atoms with E-state index in [1.54, 1.807) is 7.11 Å². The molecule has 27 heavy (non-hydrogen) atoms. The van der Waals surface area contributed by atoms with E-state index < -0.39 is 0 Å². The molecule has 0 unspecified atom stereocenters. The maximum atomic E-state index is 6.23. The van der Waals surface area contributed by atoms with E-state index in [2.05, 4.69) is 48.5 Å². The quantitative estimate of drug-likeness (QED) is 0.509. The van der Waals surface area contributed by atoms with Crippen LogP contribution in [0.15, 0.2) is 101 Å². The van der Waals surface area contributed by atoms with Crippen molar-refractivity contribution >= 4 is 0 Å². The van der Waals surface area contributed by atoms with Crippen LogP contribution < -0.4 is 17.1 Å². The van der Waals surface area contributed by atoms with Crippen LogP contribution in [0.25, 0.3) is 33.8 Å².